The number of amides is 3. The first-order valence-corrected chi connectivity index (χ1v) is 17.3. The molecule has 1 aliphatic heterocycles. The van der Waals surface area contributed by atoms with E-state index in [-0.39, 0.29) is 29.5 Å². The molecule has 1 aliphatic rings. The van der Waals surface area contributed by atoms with Gasteiger partial charge in [-0.25, -0.2) is 0 Å². The summed E-state index contributed by atoms with van der Waals surface area (Å²) in [7, 11) is 1.84. The van der Waals surface area contributed by atoms with Gasteiger partial charge in [-0.3, -0.25) is 24.8 Å². The monoisotopic (exact) mass is 676 g/mol. The van der Waals surface area contributed by atoms with Crippen molar-refractivity contribution in [3.8, 4) is 0 Å². The quantitative estimate of drug-likeness (QED) is 0.0728. The van der Waals surface area contributed by atoms with Crippen molar-refractivity contribution in [1.29, 1.82) is 5.41 Å². The summed E-state index contributed by atoms with van der Waals surface area (Å²) in [6, 6.07) is 16.0. The van der Waals surface area contributed by atoms with Gasteiger partial charge in [0.25, 0.3) is 0 Å². The first-order valence-electron chi connectivity index (χ1n) is 17.3. The molecule has 0 radical (unpaired) electrons. The van der Waals surface area contributed by atoms with E-state index in [4.69, 9.17) is 27.6 Å². The number of amidine groups is 1. The van der Waals surface area contributed by atoms with Crippen molar-refractivity contribution in [2.24, 2.45) is 28.1 Å². The summed E-state index contributed by atoms with van der Waals surface area (Å²) in [5.74, 6) is -0.749. The lowest BCUT2D eigenvalue weighted by molar-refractivity contribution is -0.137. The maximum absolute atomic E-state index is 13.9. The molecule has 49 heavy (non-hydrogen) atoms. The highest BCUT2D eigenvalue weighted by molar-refractivity contribution is 5.95. The number of guanidine groups is 1. The molecule has 0 aromatic heterocycles. The Balaban J connectivity index is 1.83. The zero-order valence-corrected chi connectivity index (χ0v) is 29.2. The van der Waals surface area contributed by atoms with Gasteiger partial charge in [0.15, 0.2) is 5.96 Å². The second kappa shape index (κ2) is 20.1. The molecule has 1 saturated heterocycles. The molecule has 10 N–H and O–H groups in total. The van der Waals surface area contributed by atoms with E-state index in [2.05, 4.69) is 16.0 Å². The molecule has 1 fully saturated rings. The second-order valence-electron chi connectivity index (χ2n) is 13.1. The number of benzene rings is 2. The van der Waals surface area contributed by atoms with Crippen molar-refractivity contribution in [1.82, 2.24) is 25.8 Å². The summed E-state index contributed by atoms with van der Waals surface area (Å²) in [5.41, 5.74) is 20.5. The average molecular weight is 677 g/mol. The number of nitrogens with zero attached hydrogens (tertiary/aromatic N) is 3. The Morgan fingerprint density at radius 1 is 0.837 bits per heavy atom. The highest BCUT2D eigenvalue weighted by Crippen LogP contribution is 2.14. The predicted molar refractivity (Wildman–Crippen MR) is 195 cm³/mol. The van der Waals surface area contributed by atoms with Crippen LogP contribution in [0.25, 0.3) is 0 Å². The molecule has 2 aromatic rings. The largest absolute Gasteiger partial charge is 0.386 e. The Kier molecular flexibility index (Phi) is 16.0. The molecule has 0 saturated carbocycles. The van der Waals surface area contributed by atoms with Crippen molar-refractivity contribution in [3.05, 3.63) is 71.8 Å². The third kappa shape index (κ3) is 13.1. The van der Waals surface area contributed by atoms with E-state index in [0.29, 0.717) is 71.2 Å². The van der Waals surface area contributed by atoms with Gasteiger partial charge in [0.2, 0.25) is 17.7 Å². The van der Waals surface area contributed by atoms with Gasteiger partial charge in [0, 0.05) is 26.2 Å². The van der Waals surface area contributed by atoms with E-state index >= 15 is 0 Å². The van der Waals surface area contributed by atoms with Gasteiger partial charge in [0.05, 0.1) is 12.1 Å². The van der Waals surface area contributed by atoms with E-state index in [1.165, 1.54) is 0 Å². The molecular formula is C36H56N10O3. The Hall–Kier alpha value is -4.49. The summed E-state index contributed by atoms with van der Waals surface area (Å²) in [6.07, 6.45) is 2.89. The summed E-state index contributed by atoms with van der Waals surface area (Å²) in [6.45, 7) is 6.64. The Labute approximate surface area is 290 Å². The topological polar surface area (TPSA) is 208 Å². The standard InChI is InChI=1S/C36H56N10O3/c1-25(2)22-31(34(48)43-29(16-10-17-41-3)35(49)45-18-11-19-46(21-20-45)36(39)40)42-32(38)30(24-27-14-8-5-9-15-27)44-33(47)28(37)23-26-12-6-4-7-13-26/h4-9,12-15,25,28-31,41H,10-11,16-24,37H2,1-3H3,(H2,38,42)(H3,39,40)(H,43,48)(H,44,47)/t28-,29-,30-,31-/m1/s1. The SMILES string of the molecule is CNCCC[C@@H](NC(=O)[C@@H](CC(C)C)N=C(N)[C@@H](Cc1ccccc1)NC(=O)[C@H](N)Cc1ccccc1)C(=O)N1CCCN(C(=N)N)CC1. The van der Waals surface area contributed by atoms with Crippen LogP contribution >= 0.6 is 0 Å². The van der Waals surface area contributed by atoms with Crippen molar-refractivity contribution < 1.29 is 14.4 Å². The molecule has 0 bridgehead atoms. The van der Waals surface area contributed by atoms with Gasteiger partial charge in [-0.05, 0) is 69.2 Å². The predicted octanol–water partition coefficient (Wildman–Crippen LogP) is 0.968. The van der Waals surface area contributed by atoms with Crippen LogP contribution in [0, 0.1) is 11.3 Å². The Bertz CT molecular complexity index is 1370. The molecule has 0 unspecified atom stereocenters. The number of hydrogen-bond donors (Lipinski definition) is 7. The minimum Gasteiger partial charge on any atom is -0.386 e. The molecule has 268 valence electrons. The van der Waals surface area contributed by atoms with Crippen LogP contribution in [-0.4, -0.2) is 103 Å². The lowest BCUT2D eigenvalue weighted by atomic mass is 10.0. The lowest BCUT2D eigenvalue weighted by Crippen LogP contribution is -2.54. The summed E-state index contributed by atoms with van der Waals surface area (Å²) in [5, 5.41) is 16.9. The van der Waals surface area contributed by atoms with Crippen LogP contribution in [0.2, 0.25) is 0 Å². The van der Waals surface area contributed by atoms with Crippen LogP contribution in [0.3, 0.4) is 0 Å². The van der Waals surface area contributed by atoms with E-state index in [0.717, 1.165) is 11.1 Å². The molecule has 4 atom stereocenters. The van der Waals surface area contributed by atoms with Gasteiger partial charge in [-0.15, -0.1) is 0 Å². The molecular weight excluding hydrogens is 620 g/mol. The average Bonchev–Trinajstić information content (AvgIpc) is 3.34. The number of carbonyl (C=O) groups is 3. The Morgan fingerprint density at radius 3 is 2.00 bits per heavy atom. The molecule has 0 spiro atoms. The highest BCUT2D eigenvalue weighted by atomic mass is 16.2. The number of carbonyl (C=O) groups excluding carboxylic acids is 3. The molecule has 13 heteroatoms. The fraction of sp³-hybridized carbons (Fsp3) is 0.528. The van der Waals surface area contributed by atoms with E-state index in [1.807, 2.05) is 81.6 Å². The van der Waals surface area contributed by atoms with Crippen LogP contribution < -0.4 is 33.2 Å². The smallest absolute Gasteiger partial charge is 0.245 e. The fourth-order valence-electron chi connectivity index (χ4n) is 5.86. The van der Waals surface area contributed by atoms with Crippen molar-refractivity contribution in [2.75, 3.05) is 39.8 Å². The van der Waals surface area contributed by atoms with Gasteiger partial charge in [-0.1, -0.05) is 74.5 Å². The van der Waals surface area contributed by atoms with Crippen LogP contribution in [0.1, 0.15) is 50.7 Å². The molecule has 1 heterocycles. The number of rotatable bonds is 17. The van der Waals surface area contributed by atoms with Crippen LogP contribution in [0.15, 0.2) is 65.7 Å². The second-order valence-corrected chi connectivity index (χ2v) is 13.1. The minimum atomic E-state index is -0.884. The van der Waals surface area contributed by atoms with Gasteiger partial charge < -0.3 is 43.0 Å². The molecule has 2 aromatic carbocycles. The number of hydrogen-bond acceptors (Lipinski definition) is 7. The molecule has 13 nitrogen and oxygen atoms in total. The van der Waals surface area contributed by atoms with Crippen LogP contribution in [-0.2, 0) is 27.2 Å². The molecule has 3 amide bonds. The van der Waals surface area contributed by atoms with Crippen LogP contribution in [0.4, 0.5) is 0 Å². The van der Waals surface area contributed by atoms with E-state index < -0.39 is 30.1 Å². The van der Waals surface area contributed by atoms with Gasteiger partial charge >= 0.3 is 0 Å². The first-order chi connectivity index (χ1) is 23.5. The number of aliphatic imine (C=N–C) groups is 1. The van der Waals surface area contributed by atoms with Crippen LogP contribution in [0.5, 0.6) is 0 Å². The third-order valence-electron chi connectivity index (χ3n) is 8.58. The normalized spacial score (nSPS) is 16.3. The zero-order valence-electron chi connectivity index (χ0n) is 29.2. The van der Waals surface area contributed by atoms with Gasteiger partial charge in [0.1, 0.15) is 17.9 Å². The first kappa shape index (κ1) is 39.0. The maximum Gasteiger partial charge on any atom is 0.245 e. The lowest BCUT2D eigenvalue weighted by Gasteiger charge is -2.28. The van der Waals surface area contributed by atoms with E-state index in [1.54, 1.807) is 9.80 Å². The van der Waals surface area contributed by atoms with E-state index in [9.17, 15) is 14.4 Å². The van der Waals surface area contributed by atoms with Crippen molar-refractivity contribution >= 4 is 29.5 Å². The highest BCUT2D eigenvalue weighted by Gasteiger charge is 2.31. The van der Waals surface area contributed by atoms with Crippen molar-refractivity contribution in [2.45, 2.75) is 76.5 Å². The number of nitrogens with one attached hydrogen (secondary N) is 4. The summed E-state index contributed by atoms with van der Waals surface area (Å²) < 4.78 is 0. The third-order valence-corrected chi connectivity index (χ3v) is 8.58. The molecule has 3 rings (SSSR count). The summed E-state index contributed by atoms with van der Waals surface area (Å²) >= 11 is 0. The molecule has 0 aliphatic carbocycles. The zero-order chi connectivity index (χ0) is 35.8. The van der Waals surface area contributed by atoms with Crippen molar-refractivity contribution in [3.63, 3.8) is 0 Å². The fourth-order valence-corrected chi connectivity index (χ4v) is 5.86. The maximum atomic E-state index is 13.9. The minimum absolute atomic E-state index is 0.0138. The van der Waals surface area contributed by atoms with Gasteiger partial charge in [-0.2, -0.15) is 0 Å². The summed E-state index contributed by atoms with van der Waals surface area (Å²) in [4.78, 5) is 49.3. The Morgan fingerprint density at radius 2 is 1.41 bits per heavy atom. The number of nitrogens with two attached hydrogens (primary N) is 3.